The molecule has 0 aromatic heterocycles. The largest absolute Gasteiger partial charge is 0.352 e. The topological polar surface area (TPSA) is 12.0 Å². The van der Waals surface area contributed by atoms with Crippen molar-refractivity contribution in [3.63, 3.8) is 0 Å². The van der Waals surface area contributed by atoms with Gasteiger partial charge in [0.2, 0.25) is 0 Å². The molecule has 2 aromatic carbocycles. The minimum Gasteiger partial charge on any atom is -0.352 e. The molecule has 2 aromatic rings. The van der Waals surface area contributed by atoms with Crippen molar-refractivity contribution in [3.05, 3.63) is 44.3 Å². The molecular weight excluding hydrogens is 446 g/mol. The zero-order chi connectivity index (χ0) is 17.9. The van der Waals surface area contributed by atoms with E-state index < -0.39 is 0 Å². The van der Waals surface area contributed by atoms with Gasteiger partial charge < -0.3 is 5.32 Å². The third-order valence-electron chi connectivity index (χ3n) is 4.31. The van der Waals surface area contributed by atoms with E-state index in [1.165, 1.54) is 20.9 Å². The molecule has 1 aliphatic rings. The van der Waals surface area contributed by atoms with Crippen LogP contribution in [0.25, 0.3) is 0 Å². The van der Waals surface area contributed by atoms with Crippen LogP contribution in [0.1, 0.15) is 52.7 Å². The first-order chi connectivity index (χ1) is 11.0. The van der Waals surface area contributed by atoms with Gasteiger partial charge in [-0.05, 0) is 78.1 Å². The van der Waals surface area contributed by atoms with Crippen LogP contribution in [0.4, 0.5) is 11.4 Å². The first kappa shape index (κ1) is 18.3. The Morgan fingerprint density at radius 1 is 0.708 bits per heavy atom. The zero-order valence-electron chi connectivity index (χ0n) is 15.0. The van der Waals surface area contributed by atoms with Crippen molar-refractivity contribution in [2.45, 2.75) is 62.2 Å². The van der Waals surface area contributed by atoms with E-state index in [0.29, 0.717) is 0 Å². The predicted octanol–water partition coefficient (Wildman–Crippen LogP) is 8.01. The molecule has 0 saturated carbocycles. The fourth-order valence-corrected chi connectivity index (χ4v) is 5.19. The molecule has 128 valence electrons. The number of benzene rings is 2. The summed E-state index contributed by atoms with van der Waals surface area (Å²) in [5.41, 5.74) is 5.27. The Balaban J connectivity index is 2.12. The standard InChI is InChI=1S/C20H23Br2NS/c1-19(2,3)11-7-13(21)17-15(9-11)24-16-10-12(20(4,5)6)8-14(22)18(16)23-17/h7-10,23H,1-6H3. The van der Waals surface area contributed by atoms with E-state index >= 15 is 0 Å². The second kappa shape index (κ2) is 6.07. The van der Waals surface area contributed by atoms with E-state index in [0.717, 1.165) is 20.3 Å². The number of fused-ring (bicyclic) bond motifs is 2. The number of hydrogen-bond donors (Lipinski definition) is 1. The third-order valence-corrected chi connectivity index (χ3v) is 6.64. The van der Waals surface area contributed by atoms with Crippen LogP contribution < -0.4 is 5.32 Å². The van der Waals surface area contributed by atoms with Gasteiger partial charge >= 0.3 is 0 Å². The summed E-state index contributed by atoms with van der Waals surface area (Å²) in [5.74, 6) is 0. The average molecular weight is 469 g/mol. The van der Waals surface area contributed by atoms with Crippen molar-refractivity contribution in [1.29, 1.82) is 0 Å². The van der Waals surface area contributed by atoms with Crippen LogP contribution in [0.15, 0.2) is 43.0 Å². The summed E-state index contributed by atoms with van der Waals surface area (Å²) in [6.07, 6.45) is 0. The summed E-state index contributed by atoms with van der Waals surface area (Å²) in [7, 11) is 0. The van der Waals surface area contributed by atoms with Crippen LogP contribution in [-0.2, 0) is 10.8 Å². The summed E-state index contributed by atoms with van der Waals surface area (Å²) in [5, 5.41) is 3.62. The first-order valence-corrected chi connectivity index (χ1v) is 10.5. The molecule has 0 amide bonds. The Kier molecular flexibility index (Phi) is 4.64. The lowest BCUT2D eigenvalue weighted by Gasteiger charge is -2.29. The van der Waals surface area contributed by atoms with Crippen LogP contribution in [0.3, 0.4) is 0 Å². The number of rotatable bonds is 0. The Labute approximate surface area is 166 Å². The van der Waals surface area contributed by atoms with E-state index in [4.69, 9.17) is 0 Å². The molecule has 4 heteroatoms. The molecule has 0 fully saturated rings. The third kappa shape index (κ3) is 3.42. The second-order valence-electron chi connectivity index (χ2n) is 8.39. The molecule has 24 heavy (non-hydrogen) atoms. The number of hydrogen-bond acceptors (Lipinski definition) is 2. The lowest BCUT2D eigenvalue weighted by Crippen LogP contribution is -2.14. The van der Waals surface area contributed by atoms with Gasteiger partial charge in [0.25, 0.3) is 0 Å². The van der Waals surface area contributed by atoms with Crippen molar-refractivity contribution in [1.82, 2.24) is 0 Å². The highest BCUT2D eigenvalue weighted by Gasteiger charge is 2.26. The molecule has 3 rings (SSSR count). The van der Waals surface area contributed by atoms with Gasteiger partial charge in [-0.1, -0.05) is 53.3 Å². The molecule has 0 saturated heterocycles. The minimum absolute atomic E-state index is 0.131. The van der Waals surface area contributed by atoms with Gasteiger partial charge in [-0.3, -0.25) is 0 Å². The van der Waals surface area contributed by atoms with Crippen LogP contribution in [-0.4, -0.2) is 0 Å². The van der Waals surface area contributed by atoms with Crippen LogP contribution >= 0.6 is 43.6 Å². The molecule has 0 unspecified atom stereocenters. The van der Waals surface area contributed by atoms with Crippen molar-refractivity contribution >= 4 is 55.0 Å². The smallest absolute Gasteiger partial charge is 0.0671 e. The van der Waals surface area contributed by atoms with Gasteiger partial charge in [0.15, 0.2) is 0 Å². The van der Waals surface area contributed by atoms with Gasteiger partial charge in [-0.25, -0.2) is 0 Å². The highest BCUT2D eigenvalue weighted by atomic mass is 79.9. The van der Waals surface area contributed by atoms with Gasteiger partial charge in [-0.15, -0.1) is 0 Å². The molecule has 0 spiro atoms. The minimum atomic E-state index is 0.131. The van der Waals surface area contributed by atoms with Crippen molar-refractivity contribution in [2.75, 3.05) is 5.32 Å². The monoisotopic (exact) mass is 467 g/mol. The fourth-order valence-electron chi connectivity index (χ4n) is 2.68. The second-order valence-corrected chi connectivity index (χ2v) is 11.2. The van der Waals surface area contributed by atoms with Gasteiger partial charge in [0.05, 0.1) is 11.4 Å². The highest BCUT2D eigenvalue weighted by molar-refractivity contribution is 9.11. The number of anilines is 2. The summed E-state index contributed by atoms with van der Waals surface area (Å²) in [4.78, 5) is 2.56. The van der Waals surface area contributed by atoms with E-state index in [1.807, 2.05) is 11.8 Å². The van der Waals surface area contributed by atoms with Gasteiger partial charge in [-0.2, -0.15) is 0 Å². The quantitative estimate of drug-likeness (QED) is 0.358. The molecule has 0 radical (unpaired) electrons. The molecular formula is C20H23Br2NS. The van der Waals surface area contributed by atoms with Crippen molar-refractivity contribution in [3.8, 4) is 0 Å². The fraction of sp³-hybridized carbons (Fsp3) is 0.400. The normalized spacial score (nSPS) is 14.0. The van der Waals surface area contributed by atoms with E-state index in [-0.39, 0.29) is 10.8 Å². The van der Waals surface area contributed by atoms with E-state index in [9.17, 15) is 0 Å². The Morgan fingerprint density at radius 3 is 1.42 bits per heavy atom. The zero-order valence-corrected chi connectivity index (χ0v) is 19.0. The summed E-state index contributed by atoms with van der Waals surface area (Å²) in [6, 6.07) is 9.10. The van der Waals surface area contributed by atoms with E-state index in [2.05, 4.69) is 103 Å². The summed E-state index contributed by atoms with van der Waals surface area (Å²) < 4.78 is 2.24. The van der Waals surface area contributed by atoms with Crippen LogP contribution in [0, 0.1) is 0 Å². The number of halogens is 2. The molecule has 1 nitrogen and oxygen atoms in total. The maximum atomic E-state index is 3.76. The molecule has 1 aliphatic heterocycles. The Hall–Kier alpha value is -0.450. The first-order valence-electron chi connectivity index (χ1n) is 8.10. The van der Waals surface area contributed by atoms with Gasteiger partial charge in [0.1, 0.15) is 0 Å². The predicted molar refractivity (Wildman–Crippen MR) is 113 cm³/mol. The molecule has 0 aliphatic carbocycles. The van der Waals surface area contributed by atoms with Crippen LogP contribution in [0.2, 0.25) is 0 Å². The molecule has 1 heterocycles. The lowest BCUT2D eigenvalue weighted by atomic mass is 9.86. The Morgan fingerprint density at radius 2 is 1.08 bits per heavy atom. The Bertz CT molecular complexity index is 746. The highest BCUT2D eigenvalue weighted by Crippen LogP contribution is 2.51. The maximum absolute atomic E-state index is 3.76. The molecule has 1 N–H and O–H groups in total. The van der Waals surface area contributed by atoms with Crippen LogP contribution in [0.5, 0.6) is 0 Å². The summed E-state index contributed by atoms with van der Waals surface area (Å²) >= 11 is 9.36. The van der Waals surface area contributed by atoms with Gasteiger partial charge in [0, 0.05) is 18.7 Å². The average Bonchev–Trinajstić information content (AvgIpc) is 2.43. The van der Waals surface area contributed by atoms with Crippen molar-refractivity contribution < 1.29 is 0 Å². The number of nitrogens with one attached hydrogen (secondary N) is 1. The lowest BCUT2D eigenvalue weighted by molar-refractivity contribution is 0.588. The molecule has 0 atom stereocenters. The van der Waals surface area contributed by atoms with E-state index in [1.54, 1.807) is 0 Å². The van der Waals surface area contributed by atoms with Crippen molar-refractivity contribution in [2.24, 2.45) is 0 Å². The SMILES string of the molecule is CC(C)(C)c1cc(Br)c2c(c1)Sc1cc(C(C)(C)C)cc(Br)c1N2. The molecule has 0 bridgehead atoms. The summed E-state index contributed by atoms with van der Waals surface area (Å²) in [6.45, 7) is 13.5. The maximum Gasteiger partial charge on any atom is 0.0671 e.